The van der Waals surface area contributed by atoms with Crippen LogP contribution >= 0.6 is 0 Å². The first-order valence-electron chi connectivity index (χ1n) is 11.0. The minimum Gasteiger partial charge on any atom is -0.306 e. The van der Waals surface area contributed by atoms with Crippen LogP contribution in [0.5, 0.6) is 0 Å². The number of H-pyrrole nitrogens is 1. The monoisotopic (exact) mass is 409 g/mol. The number of hydrogen-bond donors (Lipinski definition) is 1. The second kappa shape index (κ2) is 8.78. The summed E-state index contributed by atoms with van der Waals surface area (Å²) in [4.78, 5) is 18.0. The number of imidazole rings is 1. The van der Waals surface area contributed by atoms with Crippen LogP contribution in [0.25, 0.3) is 22.4 Å². The Labute approximate surface area is 182 Å². The molecule has 0 spiro atoms. The Balaban J connectivity index is 1.20. The molecule has 4 aromatic rings. The first kappa shape index (κ1) is 19.6. The zero-order chi connectivity index (χ0) is 21.0. The lowest BCUT2D eigenvalue weighted by Gasteiger charge is -2.32. The largest absolute Gasteiger partial charge is 0.326 e. The Kier molecular flexibility index (Phi) is 5.55. The van der Waals surface area contributed by atoms with Gasteiger partial charge in [0.2, 0.25) is 0 Å². The molecule has 0 bridgehead atoms. The third kappa shape index (κ3) is 4.39. The SMILES string of the molecule is O=c1[nH]c(-c2ccccc2)cn1C1CCN(Cc2ccc(-c3ccccc3)cc2)CC1. The fourth-order valence-corrected chi connectivity index (χ4v) is 4.49. The van der Waals surface area contributed by atoms with E-state index in [0.29, 0.717) is 0 Å². The summed E-state index contributed by atoms with van der Waals surface area (Å²) in [7, 11) is 0. The minimum absolute atomic E-state index is 0.00574. The maximum absolute atomic E-state index is 12.5. The second-order valence-electron chi connectivity index (χ2n) is 8.32. The molecule has 1 aliphatic rings. The van der Waals surface area contributed by atoms with Gasteiger partial charge in [-0.2, -0.15) is 0 Å². The normalized spacial score (nSPS) is 15.2. The van der Waals surface area contributed by atoms with Gasteiger partial charge in [0.25, 0.3) is 0 Å². The fourth-order valence-electron chi connectivity index (χ4n) is 4.49. The van der Waals surface area contributed by atoms with Crippen molar-refractivity contribution in [2.24, 2.45) is 0 Å². The number of hydrogen-bond acceptors (Lipinski definition) is 2. The van der Waals surface area contributed by atoms with E-state index in [0.717, 1.165) is 43.7 Å². The van der Waals surface area contributed by atoms with Crippen LogP contribution in [-0.2, 0) is 6.54 Å². The summed E-state index contributed by atoms with van der Waals surface area (Å²) in [5.41, 5.74) is 5.78. The van der Waals surface area contributed by atoms with Gasteiger partial charge in [0.1, 0.15) is 0 Å². The van der Waals surface area contributed by atoms with E-state index >= 15 is 0 Å². The maximum atomic E-state index is 12.5. The molecule has 0 radical (unpaired) electrons. The average Bonchev–Trinajstić information content (AvgIpc) is 3.23. The zero-order valence-electron chi connectivity index (χ0n) is 17.6. The van der Waals surface area contributed by atoms with Gasteiger partial charge in [0, 0.05) is 31.9 Å². The zero-order valence-corrected chi connectivity index (χ0v) is 17.6. The van der Waals surface area contributed by atoms with E-state index in [9.17, 15) is 4.79 Å². The van der Waals surface area contributed by atoms with Gasteiger partial charge in [-0.3, -0.25) is 9.47 Å². The minimum atomic E-state index is -0.00574. The highest BCUT2D eigenvalue weighted by atomic mass is 16.1. The standard InChI is InChI=1S/C27H27N3O/c31-27-28-26(24-9-5-2-6-10-24)20-30(27)25-15-17-29(18-16-25)19-21-11-13-23(14-12-21)22-7-3-1-4-8-22/h1-14,20,25H,15-19H2,(H,28,31). The summed E-state index contributed by atoms with van der Waals surface area (Å²) >= 11 is 0. The van der Waals surface area contributed by atoms with Crippen molar-refractivity contribution >= 4 is 0 Å². The molecule has 0 aliphatic carbocycles. The van der Waals surface area contributed by atoms with Gasteiger partial charge in [-0.25, -0.2) is 4.79 Å². The number of benzene rings is 3. The molecule has 1 N–H and O–H groups in total. The predicted octanol–water partition coefficient (Wildman–Crippen LogP) is 5.35. The first-order valence-corrected chi connectivity index (χ1v) is 11.0. The number of likely N-dealkylation sites (tertiary alicyclic amines) is 1. The highest BCUT2D eigenvalue weighted by molar-refractivity contribution is 5.63. The molecule has 5 rings (SSSR count). The molecule has 1 aliphatic heterocycles. The number of piperidine rings is 1. The van der Waals surface area contributed by atoms with Gasteiger partial charge in [-0.15, -0.1) is 0 Å². The van der Waals surface area contributed by atoms with E-state index < -0.39 is 0 Å². The van der Waals surface area contributed by atoms with E-state index in [1.165, 1.54) is 16.7 Å². The second-order valence-corrected chi connectivity index (χ2v) is 8.32. The highest BCUT2D eigenvalue weighted by Crippen LogP contribution is 2.25. The third-order valence-electron chi connectivity index (χ3n) is 6.25. The van der Waals surface area contributed by atoms with Gasteiger partial charge >= 0.3 is 5.69 Å². The van der Waals surface area contributed by atoms with Gasteiger partial charge in [0.05, 0.1) is 5.69 Å². The molecule has 0 unspecified atom stereocenters. The van der Waals surface area contributed by atoms with E-state index in [2.05, 4.69) is 58.4 Å². The molecule has 156 valence electrons. The summed E-state index contributed by atoms with van der Waals surface area (Å²) < 4.78 is 1.90. The number of nitrogens with one attached hydrogen (secondary N) is 1. The summed E-state index contributed by atoms with van der Waals surface area (Å²) in [6, 6.07) is 29.7. The molecule has 4 heteroatoms. The van der Waals surface area contributed by atoms with Crippen LogP contribution in [0.15, 0.2) is 95.9 Å². The van der Waals surface area contributed by atoms with Crippen LogP contribution in [0.2, 0.25) is 0 Å². The lowest BCUT2D eigenvalue weighted by molar-refractivity contribution is 0.178. The molecular weight excluding hydrogens is 382 g/mol. The molecule has 2 heterocycles. The van der Waals surface area contributed by atoms with Gasteiger partial charge < -0.3 is 4.98 Å². The molecular formula is C27H27N3O. The van der Waals surface area contributed by atoms with E-state index in [1.807, 2.05) is 47.2 Å². The van der Waals surface area contributed by atoms with Gasteiger partial charge in [-0.1, -0.05) is 84.9 Å². The lowest BCUT2D eigenvalue weighted by Crippen LogP contribution is -2.36. The molecule has 1 saturated heterocycles. The molecule has 4 nitrogen and oxygen atoms in total. The first-order chi connectivity index (χ1) is 15.3. The molecule has 31 heavy (non-hydrogen) atoms. The third-order valence-corrected chi connectivity index (χ3v) is 6.25. The van der Waals surface area contributed by atoms with Crippen LogP contribution in [0.1, 0.15) is 24.4 Å². The van der Waals surface area contributed by atoms with Crippen molar-refractivity contribution in [2.45, 2.75) is 25.4 Å². The van der Waals surface area contributed by atoms with Gasteiger partial charge in [-0.05, 0) is 35.1 Å². The Morgan fingerprint density at radius 3 is 1.97 bits per heavy atom. The lowest BCUT2D eigenvalue weighted by atomic mass is 10.0. The van der Waals surface area contributed by atoms with Crippen LogP contribution in [0.4, 0.5) is 0 Å². The van der Waals surface area contributed by atoms with Crippen LogP contribution in [0, 0.1) is 0 Å². The van der Waals surface area contributed by atoms with Gasteiger partial charge in [0.15, 0.2) is 0 Å². The number of aromatic nitrogens is 2. The maximum Gasteiger partial charge on any atom is 0.326 e. The van der Waals surface area contributed by atoms with Crippen molar-refractivity contribution in [3.05, 3.63) is 107 Å². The summed E-state index contributed by atoms with van der Waals surface area (Å²) in [5.74, 6) is 0. The Bertz CT molecular complexity index is 1170. The summed E-state index contributed by atoms with van der Waals surface area (Å²) in [5, 5.41) is 0. The van der Waals surface area contributed by atoms with Crippen molar-refractivity contribution in [1.29, 1.82) is 0 Å². The quantitative estimate of drug-likeness (QED) is 0.483. The topological polar surface area (TPSA) is 41.0 Å². The van der Waals surface area contributed by atoms with E-state index in [1.54, 1.807) is 0 Å². The van der Waals surface area contributed by atoms with Crippen molar-refractivity contribution in [1.82, 2.24) is 14.5 Å². The number of rotatable bonds is 5. The van der Waals surface area contributed by atoms with Crippen LogP contribution in [0.3, 0.4) is 0 Å². The van der Waals surface area contributed by atoms with E-state index in [-0.39, 0.29) is 11.7 Å². The van der Waals surface area contributed by atoms with Crippen LogP contribution < -0.4 is 5.69 Å². The molecule has 1 aromatic heterocycles. The van der Waals surface area contributed by atoms with E-state index in [4.69, 9.17) is 0 Å². The molecule has 1 fully saturated rings. The number of aromatic amines is 1. The average molecular weight is 410 g/mol. The molecule has 0 saturated carbocycles. The molecule has 0 amide bonds. The van der Waals surface area contributed by atoms with Crippen molar-refractivity contribution in [3.63, 3.8) is 0 Å². The van der Waals surface area contributed by atoms with Crippen molar-refractivity contribution in [2.75, 3.05) is 13.1 Å². The fraction of sp³-hybridized carbons (Fsp3) is 0.222. The summed E-state index contributed by atoms with van der Waals surface area (Å²) in [6.07, 6.45) is 3.97. The highest BCUT2D eigenvalue weighted by Gasteiger charge is 2.22. The van der Waals surface area contributed by atoms with Crippen molar-refractivity contribution < 1.29 is 0 Å². The summed E-state index contributed by atoms with van der Waals surface area (Å²) in [6.45, 7) is 2.96. The van der Waals surface area contributed by atoms with Crippen LogP contribution in [-0.4, -0.2) is 27.5 Å². The number of nitrogens with zero attached hydrogens (tertiary/aromatic N) is 2. The Morgan fingerprint density at radius 1 is 0.742 bits per heavy atom. The molecule has 0 atom stereocenters. The Morgan fingerprint density at radius 2 is 1.32 bits per heavy atom. The smallest absolute Gasteiger partial charge is 0.306 e. The van der Waals surface area contributed by atoms with Crippen molar-refractivity contribution in [3.8, 4) is 22.4 Å². The predicted molar refractivity (Wildman–Crippen MR) is 126 cm³/mol. The Hall–Kier alpha value is -3.37. The molecule has 3 aromatic carbocycles.